The topological polar surface area (TPSA) is 79.0 Å². The van der Waals surface area contributed by atoms with E-state index in [4.69, 9.17) is 4.84 Å². The van der Waals surface area contributed by atoms with E-state index in [0.717, 1.165) is 32.4 Å². The minimum absolute atomic E-state index is 0.0326. The molecular weight excluding hydrogens is 250 g/mol. The average molecular weight is 269 g/mol. The number of nitrogens with zero attached hydrogens (tertiary/aromatic N) is 2. The van der Waals surface area contributed by atoms with E-state index < -0.39 is 17.9 Å². The van der Waals surface area contributed by atoms with Crippen molar-refractivity contribution in [1.29, 1.82) is 0 Å². The van der Waals surface area contributed by atoms with Crippen LogP contribution in [0.5, 0.6) is 0 Å². The zero-order valence-electron chi connectivity index (χ0n) is 11.1. The van der Waals surface area contributed by atoms with E-state index in [2.05, 4.69) is 10.2 Å². The van der Waals surface area contributed by atoms with E-state index in [1.165, 1.54) is 0 Å². The molecule has 7 nitrogen and oxygen atoms in total. The third-order valence-corrected chi connectivity index (χ3v) is 3.45. The first-order valence-electron chi connectivity index (χ1n) is 6.59. The SMILES string of the molecule is CN1CCC[C@H](NC(=O)ON2C(=O)CCC2=O)CC1. The predicted molar refractivity (Wildman–Crippen MR) is 65.8 cm³/mol. The summed E-state index contributed by atoms with van der Waals surface area (Å²) in [6.45, 7) is 1.92. The van der Waals surface area contributed by atoms with Gasteiger partial charge in [0.15, 0.2) is 0 Å². The van der Waals surface area contributed by atoms with Crippen LogP contribution in [0.15, 0.2) is 0 Å². The number of hydrogen-bond donors (Lipinski definition) is 1. The van der Waals surface area contributed by atoms with Crippen molar-refractivity contribution in [3.05, 3.63) is 0 Å². The Kier molecular flexibility index (Phi) is 4.36. The number of amides is 3. The summed E-state index contributed by atoms with van der Waals surface area (Å²) >= 11 is 0. The third kappa shape index (κ3) is 3.66. The van der Waals surface area contributed by atoms with Gasteiger partial charge in [-0.1, -0.05) is 0 Å². The number of nitrogens with one attached hydrogen (secondary N) is 1. The molecule has 1 N–H and O–H groups in total. The van der Waals surface area contributed by atoms with Crippen molar-refractivity contribution in [1.82, 2.24) is 15.3 Å². The molecule has 106 valence electrons. The molecule has 2 saturated heterocycles. The Morgan fingerprint density at radius 2 is 1.89 bits per heavy atom. The zero-order valence-corrected chi connectivity index (χ0v) is 11.1. The summed E-state index contributed by atoms with van der Waals surface area (Å²) in [7, 11) is 2.04. The Labute approximate surface area is 111 Å². The van der Waals surface area contributed by atoms with Crippen LogP contribution in [0.1, 0.15) is 32.1 Å². The number of rotatable bonds is 2. The molecule has 0 aromatic carbocycles. The van der Waals surface area contributed by atoms with Gasteiger partial charge in [-0.15, -0.1) is 5.06 Å². The van der Waals surface area contributed by atoms with E-state index in [9.17, 15) is 14.4 Å². The Morgan fingerprint density at radius 1 is 1.21 bits per heavy atom. The lowest BCUT2D eigenvalue weighted by molar-refractivity contribution is -0.171. The highest BCUT2D eigenvalue weighted by atomic mass is 16.7. The lowest BCUT2D eigenvalue weighted by atomic mass is 10.1. The molecular formula is C12H19N3O4. The first kappa shape index (κ1) is 13.8. The normalized spacial score (nSPS) is 25.3. The highest BCUT2D eigenvalue weighted by molar-refractivity contribution is 6.01. The van der Waals surface area contributed by atoms with Crippen molar-refractivity contribution in [2.45, 2.75) is 38.1 Å². The standard InChI is InChI=1S/C12H19N3O4/c1-14-7-2-3-9(6-8-14)13-12(18)19-15-10(16)4-5-11(15)17/h9H,2-8H2,1H3,(H,13,18)/t9-/m0/s1. The Balaban J connectivity index is 1.80. The molecule has 3 amide bonds. The van der Waals surface area contributed by atoms with Crippen molar-refractivity contribution in [3.63, 3.8) is 0 Å². The molecule has 0 radical (unpaired) electrons. The third-order valence-electron chi connectivity index (χ3n) is 3.45. The number of hydrogen-bond acceptors (Lipinski definition) is 5. The summed E-state index contributed by atoms with van der Waals surface area (Å²) < 4.78 is 0. The van der Waals surface area contributed by atoms with Crippen LogP contribution in [-0.2, 0) is 14.4 Å². The van der Waals surface area contributed by atoms with Crippen LogP contribution in [0.4, 0.5) is 4.79 Å². The molecule has 0 aromatic heterocycles. The molecule has 0 spiro atoms. The number of carbonyl (C=O) groups excluding carboxylic acids is 3. The van der Waals surface area contributed by atoms with Gasteiger partial charge >= 0.3 is 6.09 Å². The summed E-state index contributed by atoms with van der Waals surface area (Å²) in [5.74, 6) is -0.915. The van der Waals surface area contributed by atoms with Gasteiger partial charge in [0, 0.05) is 18.9 Å². The summed E-state index contributed by atoms with van der Waals surface area (Å²) in [5.41, 5.74) is 0. The van der Waals surface area contributed by atoms with E-state index >= 15 is 0 Å². The molecule has 2 aliphatic rings. The molecule has 1 atom stereocenters. The average Bonchev–Trinajstić information content (AvgIpc) is 2.57. The van der Waals surface area contributed by atoms with Crippen LogP contribution >= 0.6 is 0 Å². The van der Waals surface area contributed by atoms with Gasteiger partial charge in [0.2, 0.25) is 0 Å². The van der Waals surface area contributed by atoms with E-state index in [1.807, 2.05) is 7.05 Å². The molecule has 2 heterocycles. The van der Waals surface area contributed by atoms with Crippen molar-refractivity contribution in [2.24, 2.45) is 0 Å². The van der Waals surface area contributed by atoms with Gasteiger partial charge < -0.3 is 15.1 Å². The second-order valence-electron chi connectivity index (χ2n) is 5.04. The molecule has 2 aliphatic heterocycles. The Morgan fingerprint density at radius 3 is 2.58 bits per heavy atom. The van der Waals surface area contributed by atoms with Crippen LogP contribution in [0.2, 0.25) is 0 Å². The molecule has 7 heteroatoms. The van der Waals surface area contributed by atoms with Gasteiger partial charge in [-0.2, -0.15) is 0 Å². The molecule has 0 aromatic rings. The summed E-state index contributed by atoms with van der Waals surface area (Å²) in [6.07, 6.45) is 2.22. The van der Waals surface area contributed by atoms with Gasteiger partial charge in [-0.3, -0.25) is 9.59 Å². The molecule has 2 fully saturated rings. The monoisotopic (exact) mass is 269 g/mol. The first-order chi connectivity index (χ1) is 9.06. The van der Waals surface area contributed by atoms with Gasteiger partial charge in [-0.25, -0.2) is 4.79 Å². The van der Waals surface area contributed by atoms with Gasteiger partial charge in [-0.05, 0) is 39.4 Å². The highest BCUT2D eigenvalue weighted by Gasteiger charge is 2.33. The van der Waals surface area contributed by atoms with Gasteiger partial charge in [0.25, 0.3) is 11.8 Å². The summed E-state index contributed by atoms with van der Waals surface area (Å²) in [6, 6.07) is 0.0326. The predicted octanol–water partition coefficient (Wildman–Crippen LogP) is 0.261. The number of likely N-dealkylation sites (tertiary alicyclic amines) is 1. The highest BCUT2D eigenvalue weighted by Crippen LogP contribution is 2.13. The second-order valence-corrected chi connectivity index (χ2v) is 5.04. The Hall–Kier alpha value is -1.63. The number of carbonyl (C=O) groups is 3. The lowest BCUT2D eigenvalue weighted by Crippen LogP contribution is -2.41. The number of imide groups is 1. The smallest absolute Gasteiger partial charge is 0.317 e. The lowest BCUT2D eigenvalue weighted by Gasteiger charge is -2.18. The fourth-order valence-corrected chi connectivity index (χ4v) is 2.32. The number of hydroxylamine groups is 2. The largest absolute Gasteiger partial charge is 0.432 e. The van der Waals surface area contributed by atoms with E-state index in [0.29, 0.717) is 5.06 Å². The summed E-state index contributed by atoms with van der Waals surface area (Å²) in [4.78, 5) is 41.3. The van der Waals surface area contributed by atoms with Crippen LogP contribution in [-0.4, -0.2) is 54.0 Å². The van der Waals surface area contributed by atoms with Gasteiger partial charge in [0.1, 0.15) is 0 Å². The molecule has 19 heavy (non-hydrogen) atoms. The Bertz CT molecular complexity index is 369. The van der Waals surface area contributed by atoms with Crippen LogP contribution < -0.4 is 5.32 Å². The van der Waals surface area contributed by atoms with E-state index in [1.54, 1.807) is 0 Å². The first-order valence-corrected chi connectivity index (χ1v) is 6.59. The molecule has 0 saturated carbocycles. The molecule has 0 aliphatic carbocycles. The quantitative estimate of drug-likeness (QED) is 0.727. The van der Waals surface area contributed by atoms with Crippen LogP contribution in [0.3, 0.4) is 0 Å². The maximum atomic E-state index is 11.7. The molecule has 2 rings (SSSR count). The minimum atomic E-state index is -0.724. The van der Waals surface area contributed by atoms with Crippen molar-refractivity contribution in [2.75, 3.05) is 20.1 Å². The van der Waals surface area contributed by atoms with Crippen molar-refractivity contribution in [3.8, 4) is 0 Å². The van der Waals surface area contributed by atoms with Crippen molar-refractivity contribution < 1.29 is 19.2 Å². The van der Waals surface area contributed by atoms with E-state index in [-0.39, 0.29) is 18.9 Å². The van der Waals surface area contributed by atoms with Gasteiger partial charge in [0.05, 0.1) is 0 Å². The van der Waals surface area contributed by atoms with Crippen LogP contribution in [0.25, 0.3) is 0 Å². The fraction of sp³-hybridized carbons (Fsp3) is 0.750. The molecule has 0 unspecified atom stereocenters. The van der Waals surface area contributed by atoms with Crippen molar-refractivity contribution >= 4 is 17.9 Å². The second kappa shape index (κ2) is 6.01. The van der Waals surface area contributed by atoms with Crippen LogP contribution in [0, 0.1) is 0 Å². The summed E-state index contributed by atoms with van der Waals surface area (Å²) in [5, 5.41) is 3.28. The maximum Gasteiger partial charge on any atom is 0.432 e. The zero-order chi connectivity index (χ0) is 13.8. The minimum Gasteiger partial charge on any atom is -0.317 e. The maximum absolute atomic E-state index is 11.7. The fourth-order valence-electron chi connectivity index (χ4n) is 2.32. The molecule has 0 bridgehead atoms.